The van der Waals surface area contributed by atoms with Crippen LogP contribution in [0.15, 0.2) is 60.7 Å². The Labute approximate surface area is 204 Å². The summed E-state index contributed by atoms with van der Waals surface area (Å²) in [6, 6.07) is 18.4. The molecule has 35 heavy (non-hydrogen) atoms. The normalized spacial score (nSPS) is 10.3. The van der Waals surface area contributed by atoms with E-state index in [2.05, 4.69) is 21.3 Å². The molecule has 0 unspecified atom stereocenters. The van der Waals surface area contributed by atoms with Crippen LogP contribution in [0.3, 0.4) is 0 Å². The largest absolute Gasteiger partial charge is 0.326 e. The summed E-state index contributed by atoms with van der Waals surface area (Å²) in [5.41, 5.74) is 5.91. The maximum absolute atomic E-state index is 11.9. The van der Waals surface area contributed by atoms with Crippen LogP contribution in [0.1, 0.15) is 38.8 Å². The molecule has 4 N–H and O–H groups in total. The van der Waals surface area contributed by atoms with Gasteiger partial charge in [-0.05, 0) is 65.6 Å². The van der Waals surface area contributed by atoms with Crippen LogP contribution in [0.25, 0.3) is 11.1 Å². The molecule has 3 rings (SSSR count). The van der Waals surface area contributed by atoms with Gasteiger partial charge in [0, 0.05) is 56.0 Å². The number of nitrogens with one attached hydrogen (secondary N) is 4. The number of hydrogen-bond donors (Lipinski definition) is 4. The minimum Gasteiger partial charge on any atom is -0.326 e. The first-order valence-corrected chi connectivity index (χ1v) is 11.1. The molecule has 4 amide bonds. The fourth-order valence-corrected chi connectivity index (χ4v) is 3.74. The van der Waals surface area contributed by atoms with Crippen LogP contribution < -0.4 is 21.3 Å². The van der Waals surface area contributed by atoms with E-state index in [4.69, 9.17) is 0 Å². The predicted octanol–water partition coefficient (Wildman–Crippen LogP) is 4.78. The predicted molar refractivity (Wildman–Crippen MR) is 138 cm³/mol. The van der Waals surface area contributed by atoms with Crippen LogP contribution in [0.4, 0.5) is 22.7 Å². The molecule has 0 aliphatic heterocycles. The highest BCUT2D eigenvalue weighted by Gasteiger charge is 2.15. The van der Waals surface area contributed by atoms with Crippen molar-refractivity contribution >= 4 is 46.4 Å². The molecule has 0 fully saturated rings. The molecular weight excluding hydrogens is 444 g/mol. The summed E-state index contributed by atoms with van der Waals surface area (Å²) in [5, 5.41) is 11.2. The topological polar surface area (TPSA) is 116 Å². The first-order valence-electron chi connectivity index (χ1n) is 11.1. The Bertz CT molecular complexity index is 1280. The van der Waals surface area contributed by atoms with Crippen LogP contribution in [-0.4, -0.2) is 23.6 Å². The van der Waals surface area contributed by atoms with Gasteiger partial charge in [0.05, 0.1) is 0 Å². The second kappa shape index (κ2) is 11.1. The van der Waals surface area contributed by atoms with Crippen molar-refractivity contribution in [3.8, 4) is 11.1 Å². The molecule has 0 aliphatic carbocycles. The summed E-state index contributed by atoms with van der Waals surface area (Å²) in [5.74, 6) is -0.786. The van der Waals surface area contributed by atoms with E-state index in [1.165, 1.54) is 27.7 Å². The summed E-state index contributed by atoms with van der Waals surface area (Å²) in [6.45, 7) is 5.74. The quantitative estimate of drug-likeness (QED) is 0.396. The van der Waals surface area contributed by atoms with Crippen molar-refractivity contribution in [3.05, 3.63) is 71.8 Å². The first-order chi connectivity index (χ1) is 16.6. The number of amides is 4. The van der Waals surface area contributed by atoms with Crippen LogP contribution in [0.2, 0.25) is 0 Å². The average Bonchev–Trinajstić information content (AvgIpc) is 2.76. The van der Waals surface area contributed by atoms with Gasteiger partial charge in [0.25, 0.3) is 0 Å². The maximum atomic E-state index is 11.9. The Hall–Kier alpha value is -4.46. The smallest absolute Gasteiger partial charge is 0.221 e. The molecule has 180 valence electrons. The van der Waals surface area contributed by atoms with Crippen LogP contribution in [0.5, 0.6) is 0 Å². The zero-order chi connectivity index (χ0) is 25.5. The molecule has 0 aromatic heterocycles. The highest BCUT2D eigenvalue weighted by atomic mass is 16.2. The highest BCUT2D eigenvalue weighted by molar-refractivity contribution is 5.98. The molecule has 0 saturated carbocycles. The Morgan fingerprint density at radius 1 is 0.543 bits per heavy atom. The van der Waals surface area contributed by atoms with E-state index in [1.807, 2.05) is 42.5 Å². The highest BCUT2D eigenvalue weighted by Crippen LogP contribution is 2.36. The summed E-state index contributed by atoms with van der Waals surface area (Å²) >= 11 is 0. The maximum Gasteiger partial charge on any atom is 0.221 e. The zero-order valence-corrected chi connectivity index (χ0v) is 20.1. The monoisotopic (exact) mass is 472 g/mol. The molecule has 0 radical (unpaired) electrons. The molecule has 0 bridgehead atoms. The number of carbonyl (C=O) groups excluding carboxylic acids is 4. The van der Waals surface area contributed by atoms with Gasteiger partial charge in [0.15, 0.2) is 0 Å². The zero-order valence-electron chi connectivity index (χ0n) is 20.1. The fraction of sp³-hybridized carbons (Fsp3) is 0.185. The Kier molecular flexibility index (Phi) is 7.99. The summed E-state index contributed by atoms with van der Waals surface area (Å²) < 4.78 is 0. The minimum absolute atomic E-state index is 0.141. The third-order valence-corrected chi connectivity index (χ3v) is 5.04. The van der Waals surface area contributed by atoms with Crippen molar-refractivity contribution in [2.45, 2.75) is 34.1 Å². The van der Waals surface area contributed by atoms with Gasteiger partial charge < -0.3 is 21.3 Å². The van der Waals surface area contributed by atoms with E-state index in [1.54, 1.807) is 18.2 Å². The molecule has 3 aromatic carbocycles. The number of hydrogen-bond acceptors (Lipinski definition) is 4. The van der Waals surface area contributed by atoms with Gasteiger partial charge in [-0.1, -0.05) is 18.2 Å². The Morgan fingerprint density at radius 3 is 1.54 bits per heavy atom. The third kappa shape index (κ3) is 7.26. The summed E-state index contributed by atoms with van der Waals surface area (Å²) in [6.07, 6.45) is 0.555. The molecule has 0 atom stereocenters. The molecule has 8 heteroatoms. The SMILES string of the molecule is CC(=O)Nc1ccc(Cc2ccc(NC(C)=O)cc2-c2cc(NC(C)=O)ccc2NC(C)=O)cc1. The van der Waals surface area contributed by atoms with E-state index in [-0.39, 0.29) is 23.6 Å². The summed E-state index contributed by atoms with van der Waals surface area (Å²) in [7, 11) is 0. The number of carbonyl (C=O) groups is 4. The second-order valence-electron chi connectivity index (χ2n) is 8.23. The van der Waals surface area contributed by atoms with Crippen molar-refractivity contribution in [2.24, 2.45) is 0 Å². The van der Waals surface area contributed by atoms with Gasteiger partial charge in [-0.15, -0.1) is 0 Å². The van der Waals surface area contributed by atoms with Crippen LogP contribution in [-0.2, 0) is 25.6 Å². The van der Waals surface area contributed by atoms with Crippen molar-refractivity contribution in [2.75, 3.05) is 21.3 Å². The molecule has 3 aromatic rings. The van der Waals surface area contributed by atoms with E-state index in [9.17, 15) is 19.2 Å². The Morgan fingerprint density at radius 2 is 1.00 bits per heavy atom. The lowest BCUT2D eigenvalue weighted by atomic mass is 9.92. The van der Waals surface area contributed by atoms with Crippen molar-refractivity contribution in [1.82, 2.24) is 0 Å². The van der Waals surface area contributed by atoms with Gasteiger partial charge in [-0.3, -0.25) is 19.2 Å². The van der Waals surface area contributed by atoms with E-state index >= 15 is 0 Å². The van der Waals surface area contributed by atoms with E-state index < -0.39 is 0 Å². The lowest BCUT2D eigenvalue weighted by Crippen LogP contribution is -2.10. The number of benzene rings is 3. The van der Waals surface area contributed by atoms with Crippen molar-refractivity contribution in [1.29, 1.82) is 0 Å². The van der Waals surface area contributed by atoms with Crippen LogP contribution >= 0.6 is 0 Å². The number of rotatable bonds is 7. The van der Waals surface area contributed by atoms with Crippen LogP contribution in [0, 0.1) is 0 Å². The molecule has 8 nitrogen and oxygen atoms in total. The fourth-order valence-electron chi connectivity index (χ4n) is 3.74. The molecule has 0 saturated heterocycles. The first kappa shape index (κ1) is 25.2. The van der Waals surface area contributed by atoms with E-state index in [0.717, 1.165) is 16.7 Å². The van der Waals surface area contributed by atoms with Gasteiger partial charge in [-0.25, -0.2) is 0 Å². The second-order valence-corrected chi connectivity index (χ2v) is 8.23. The van der Waals surface area contributed by atoms with Crippen molar-refractivity contribution < 1.29 is 19.2 Å². The molecule has 0 heterocycles. The van der Waals surface area contributed by atoms with Gasteiger partial charge in [0.1, 0.15) is 0 Å². The van der Waals surface area contributed by atoms with Gasteiger partial charge >= 0.3 is 0 Å². The standard InChI is InChI=1S/C27H28N4O4/c1-16(32)28-22-8-5-20(6-9-22)13-21-7-10-23(29-17(2)33)14-25(21)26-15-24(30-18(3)34)11-12-27(26)31-19(4)35/h5-12,14-15H,13H2,1-4H3,(H,28,32)(H,29,33)(H,30,34)(H,31,35). The van der Waals surface area contributed by atoms with E-state index in [0.29, 0.717) is 34.7 Å². The van der Waals surface area contributed by atoms with Gasteiger partial charge in [-0.2, -0.15) is 0 Å². The lowest BCUT2D eigenvalue weighted by Gasteiger charge is -2.18. The van der Waals surface area contributed by atoms with Crippen molar-refractivity contribution in [3.63, 3.8) is 0 Å². The lowest BCUT2D eigenvalue weighted by molar-refractivity contribution is -0.115. The Balaban J connectivity index is 2.11. The molecule has 0 aliphatic rings. The summed E-state index contributed by atoms with van der Waals surface area (Å²) in [4.78, 5) is 46.5. The minimum atomic E-state index is -0.230. The molecule has 0 spiro atoms. The third-order valence-electron chi connectivity index (χ3n) is 5.04. The number of anilines is 4. The molecular formula is C27H28N4O4. The van der Waals surface area contributed by atoms with Gasteiger partial charge in [0.2, 0.25) is 23.6 Å². The average molecular weight is 473 g/mol.